The minimum Gasteiger partial charge on any atom is -0.497 e. The first-order valence-electron chi connectivity index (χ1n) is 20.8. The third-order valence-corrected chi connectivity index (χ3v) is 11.2. The highest BCUT2D eigenvalue weighted by Gasteiger charge is 2.27. The van der Waals surface area contributed by atoms with E-state index in [1.54, 1.807) is 57.2 Å². The lowest BCUT2D eigenvalue weighted by Gasteiger charge is -2.17. The average Bonchev–Trinajstić information content (AvgIpc) is 3.29. The van der Waals surface area contributed by atoms with E-state index >= 15 is 0 Å². The molecule has 5 rings (SSSR count). The molecule has 0 radical (unpaired) electrons. The van der Waals surface area contributed by atoms with Crippen LogP contribution in [0.2, 0.25) is 10.0 Å². The van der Waals surface area contributed by atoms with Crippen molar-refractivity contribution in [3.05, 3.63) is 129 Å². The Labute approximate surface area is 422 Å². The summed E-state index contributed by atoms with van der Waals surface area (Å²) >= 11 is 31.9. The number of ether oxygens (including phenoxy) is 2. The number of hydrogen-bond acceptors (Lipinski definition) is 12. The van der Waals surface area contributed by atoms with Gasteiger partial charge in [-0.15, -0.1) is 34.8 Å². The summed E-state index contributed by atoms with van der Waals surface area (Å²) in [6.07, 6.45) is 0. The maximum absolute atomic E-state index is 13.6. The molecule has 5 unspecified atom stereocenters. The summed E-state index contributed by atoms with van der Waals surface area (Å²) in [4.78, 5) is 79.1. The first-order chi connectivity index (χ1) is 32.7. The summed E-state index contributed by atoms with van der Waals surface area (Å²) in [5, 5.41) is 25.6. The zero-order valence-electron chi connectivity index (χ0n) is 38.0. The minimum absolute atomic E-state index is 0.0765. The van der Waals surface area contributed by atoms with Crippen LogP contribution in [0.15, 0.2) is 111 Å². The Balaban J connectivity index is 1.29. The second-order valence-corrected chi connectivity index (χ2v) is 18.1. The van der Waals surface area contributed by atoms with Gasteiger partial charge in [-0.1, -0.05) is 23.2 Å². The van der Waals surface area contributed by atoms with Crippen LogP contribution in [-0.4, -0.2) is 61.5 Å². The lowest BCUT2D eigenvalue weighted by molar-refractivity contribution is -0.127. The van der Waals surface area contributed by atoms with Crippen molar-refractivity contribution >= 4 is 127 Å². The van der Waals surface area contributed by atoms with Gasteiger partial charge in [0.1, 0.15) is 11.5 Å². The van der Waals surface area contributed by atoms with Gasteiger partial charge in [0, 0.05) is 43.9 Å². The average molecular weight is 1040 g/mol. The number of ketones is 2. The molecule has 0 fully saturated rings. The van der Waals surface area contributed by atoms with Crippen molar-refractivity contribution in [2.45, 2.75) is 62.8 Å². The number of amides is 4. The zero-order valence-corrected chi connectivity index (χ0v) is 41.8. The van der Waals surface area contributed by atoms with Crippen molar-refractivity contribution in [3.8, 4) is 11.5 Å². The van der Waals surface area contributed by atoms with Gasteiger partial charge in [0.2, 0.25) is 12.1 Å². The maximum atomic E-state index is 13.6. The summed E-state index contributed by atoms with van der Waals surface area (Å²) in [5.74, 6) is -3.00. The summed E-state index contributed by atoms with van der Waals surface area (Å²) in [7, 11) is 3.03. The lowest BCUT2D eigenvalue weighted by Crippen LogP contribution is -2.32. The van der Waals surface area contributed by atoms with Crippen molar-refractivity contribution in [2.24, 2.45) is 20.5 Å². The number of nitrogens with one attached hydrogen (secondary N) is 4. The standard InChI is InChI=1S/C48H45Cl5N8O8/c1-23(49)37-20-32(54-47(66)43(26(4)62)60-58-33-16-28(14-30(52)18-33)45(64)55-41-12-9-35(68-6)21-38(41)24(2)50)8-11-40(37)57-48(67)44(27(5)63)61-59-34-17-29(15-31(53)19-34)46(65)56-42-13-10-36(69-7)22-39(42)25(3)51/h8-25,43-44H,1-7H3,(H,54,66)(H,55,64)(H,56,65)(H,57,67). The lowest BCUT2D eigenvalue weighted by atomic mass is 10.1. The zero-order chi connectivity index (χ0) is 50.7. The molecular formula is C48H45Cl5N8O8. The SMILES string of the molecule is COc1ccc(NC(=O)c2cc(Cl)cc(N=NC(C(C)=O)C(=O)Nc3ccc(NC(=O)C(N=Nc4cc(Cl)cc(C(=O)Nc5ccc(OC)cc5C(C)Cl)c4)C(C)=O)c(C(C)Cl)c3)c2)c(C(C)Cl)c1. The molecule has 0 spiro atoms. The molecule has 0 aromatic heterocycles. The van der Waals surface area contributed by atoms with Crippen LogP contribution in [0, 0.1) is 0 Å². The van der Waals surface area contributed by atoms with Gasteiger partial charge in [0.25, 0.3) is 23.6 Å². The Kier molecular flexibility index (Phi) is 18.8. The largest absolute Gasteiger partial charge is 0.497 e. The molecule has 0 saturated carbocycles. The fourth-order valence-corrected chi connectivity index (χ4v) is 7.52. The van der Waals surface area contributed by atoms with Crippen molar-refractivity contribution < 1.29 is 38.2 Å². The Bertz CT molecular complexity index is 2860. The highest BCUT2D eigenvalue weighted by molar-refractivity contribution is 6.32. The number of benzene rings is 5. The van der Waals surface area contributed by atoms with Crippen LogP contribution in [0.4, 0.5) is 34.1 Å². The van der Waals surface area contributed by atoms with Gasteiger partial charge in [-0.3, -0.25) is 28.8 Å². The molecule has 16 nitrogen and oxygen atoms in total. The molecule has 360 valence electrons. The fourth-order valence-electron chi connectivity index (χ4n) is 6.52. The number of carbonyl (C=O) groups excluding carboxylic acids is 6. The van der Waals surface area contributed by atoms with E-state index in [4.69, 9.17) is 67.5 Å². The van der Waals surface area contributed by atoms with Crippen molar-refractivity contribution in [3.63, 3.8) is 0 Å². The van der Waals surface area contributed by atoms with Crippen LogP contribution in [0.5, 0.6) is 11.5 Å². The van der Waals surface area contributed by atoms with Crippen molar-refractivity contribution in [1.29, 1.82) is 0 Å². The first kappa shape index (κ1) is 53.5. The molecule has 0 bridgehead atoms. The van der Waals surface area contributed by atoms with E-state index in [2.05, 4.69) is 41.7 Å². The third-order valence-electron chi connectivity index (χ3n) is 10.0. The Morgan fingerprint density at radius 3 is 1.26 bits per heavy atom. The maximum Gasteiger partial charge on any atom is 0.258 e. The minimum atomic E-state index is -1.64. The normalized spacial score (nSPS) is 13.4. The molecule has 5 atom stereocenters. The van der Waals surface area contributed by atoms with E-state index in [1.165, 1.54) is 68.8 Å². The molecule has 0 aliphatic carbocycles. The van der Waals surface area contributed by atoms with Crippen LogP contribution >= 0.6 is 58.0 Å². The number of azo groups is 2. The number of anilines is 4. The van der Waals surface area contributed by atoms with Crippen molar-refractivity contribution in [2.75, 3.05) is 35.5 Å². The monoisotopic (exact) mass is 1040 g/mol. The predicted octanol–water partition coefficient (Wildman–Crippen LogP) is 12.8. The van der Waals surface area contributed by atoms with E-state index in [0.717, 1.165) is 13.8 Å². The van der Waals surface area contributed by atoms with Crippen LogP contribution in [-0.2, 0) is 19.2 Å². The topological polar surface area (TPSA) is 218 Å². The molecule has 0 aliphatic rings. The van der Waals surface area contributed by atoms with E-state index in [1.807, 2.05) is 0 Å². The van der Waals surface area contributed by atoms with Crippen LogP contribution < -0.4 is 30.7 Å². The summed E-state index contributed by atoms with van der Waals surface area (Å²) in [6, 6.07) is 19.5. The highest BCUT2D eigenvalue weighted by Crippen LogP contribution is 2.35. The fraction of sp³-hybridized carbons (Fsp3) is 0.250. The first-order valence-corrected chi connectivity index (χ1v) is 22.8. The number of nitrogens with zero attached hydrogens (tertiary/aromatic N) is 4. The Morgan fingerprint density at radius 2 is 0.870 bits per heavy atom. The van der Waals surface area contributed by atoms with E-state index in [-0.39, 0.29) is 43.9 Å². The Morgan fingerprint density at radius 1 is 0.493 bits per heavy atom. The number of Topliss-reactive ketones (excluding diaryl/α,β-unsaturated/α-hetero) is 2. The second kappa shape index (κ2) is 24.2. The molecule has 4 N–H and O–H groups in total. The molecule has 0 heterocycles. The van der Waals surface area contributed by atoms with Gasteiger partial charge in [-0.2, -0.15) is 20.5 Å². The second-order valence-electron chi connectivity index (χ2n) is 15.3. The predicted molar refractivity (Wildman–Crippen MR) is 269 cm³/mol. The molecule has 5 aromatic carbocycles. The van der Waals surface area contributed by atoms with E-state index < -0.39 is 63.4 Å². The summed E-state index contributed by atoms with van der Waals surface area (Å²) in [6.45, 7) is 7.41. The molecule has 21 heteroatoms. The summed E-state index contributed by atoms with van der Waals surface area (Å²) < 4.78 is 10.5. The van der Waals surface area contributed by atoms with Gasteiger partial charge in [0.15, 0.2) is 11.6 Å². The van der Waals surface area contributed by atoms with Crippen LogP contribution in [0.3, 0.4) is 0 Å². The molecule has 69 heavy (non-hydrogen) atoms. The van der Waals surface area contributed by atoms with E-state index in [0.29, 0.717) is 39.6 Å². The highest BCUT2D eigenvalue weighted by atomic mass is 35.5. The number of methoxy groups -OCH3 is 2. The van der Waals surface area contributed by atoms with Crippen LogP contribution in [0.25, 0.3) is 0 Å². The molecule has 0 aliphatic heterocycles. The number of alkyl halides is 3. The number of rotatable bonds is 19. The Hall–Kier alpha value is -6.43. The molecule has 0 saturated heterocycles. The van der Waals surface area contributed by atoms with Crippen molar-refractivity contribution in [1.82, 2.24) is 0 Å². The van der Waals surface area contributed by atoms with E-state index in [9.17, 15) is 28.8 Å². The van der Waals surface area contributed by atoms with Gasteiger partial charge in [-0.25, -0.2) is 0 Å². The molecular weight excluding hydrogens is 994 g/mol. The van der Waals surface area contributed by atoms with Gasteiger partial charge < -0.3 is 30.7 Å². The molecule has 5 aromatic rings. The molecule has 4 amide bonds. The van der Waals surface area contributed by atoms with Gasteiger partial charge in [0.05, 0.1) is 41.7 Å². The van der Waals surface area contributed by atoms with Crippen LogP contribution in [0.1, 0.15) is 88.2 Å². The summed E-state index contributed by atoms with van der Waals surface area (Å²) in [5.41, 5.74) is 3.17. The quantitative estimate of drug-likeness (QED) is 0.0353. The number of carbonyl (C=O) groups is 6. The number of halogens is 5. The third kappa shape index (κ3) is 14.5. The smallest absolute Gasteiger partial charge is 0.258 e. The van der Waals surface area contributed by atoms with Gasteiger partial charge in [-0.05, 0) is 142 Å². The number of hydrogen-bond donors (Lipinski definition) is 4. The van der Waals surface area contributed by atoms with Gasteiger partial charge >= 0.3 is 0 Å².